The molecule has 0 unspecified atom stereocenters. The monoisotopic (exact) mass is 225 g/mol. The van der Waals surface area contributed by atoms with Gasteiger partial charge in [0.15, 0.2) is 11.5 Å². The van der Waals surface area contributed by atoms with E-state index in [1.54, 1.807) is 11.8 Å². The molecule has 1 aromatic carbocycles. The van der Waals surface area contributed by atoms with Gasteiger partial charge in [0.05, 0.1) is 5.03 Å². The van der Waals surface area contributed by atoms with Crippen LogP contribution in [0.4, 0.5) is 0 Å². The Morgan fingerprint density at radius 3 is 2.88 bits per heavy atom. The molecular formula is C12H7N3S. The molecule has 0 N–H and O–H groups in total. The second-order valence-corrected chi connectivity index (χ2v) is 4.74. The van der Waals surface area contributed by atoms with Crippen molar-refractivity contribution in [2.45, 2.75) is 9.92 Å². The molecule has 0 fully saturated rings. The molecule has 0 atom stereocenters. The van der Waals surface area contributed by atoms with Gasteiger partial charge in [0.1, 0.15) is 0 Å². The van der Waals surface area contributed by atoms with Crippen LogP contribution in [0, 0.1) is 0 Å². The molecule has 0 amide bonds. The van der Waals surface area contributed by atoms with Crippen molar-refractivity contribution in [2.75, 3.05) is 0 Å². The smallest absolute Gasteiger partial charge is 0.170 e. The molecule has 0 aliphatic carbocycles. The Labute approximate surface area is 96.1 Å². The summed E-state index contributed by atoms with van der Waals surface area (Å²) in [7, 11) is 0. The Morgan fingerprint density at radius 1 is 0.938 bits per heavy atom. The summed E-state index contributed by atoms with van der Waals surface area (Å²) in [5.74, 6) is 0.944. The van der Waals surface area contributed by atoms with E-state index in [0.717, 1.165) is 11.5 Å². The van der Waals surface area contributed by atoms with E-state index in [9.17, 15) is 0 Å². The average Bonchev–Trinajstić information content (AvgIpc) is 2.76. The number of pyridine rings is 1. The first-order valence-corrected chi connectivity index (χ1v) is 5.86. The van der Waals surface area contributed by atoms with Gasteiger partial charge < -0.3 is 0 Å². The lowest BCUT2D eigenvalue weighted by Crippen LogP contribution is -1.99. The minimum Gasteiger partial charge on any atom is -0.269 e. The predicted molar refractivity (Wildman–Crippen MR) is 62.5 cm³/mol. The Kier molecular flexibility index (Phi) is 1.49. The third kappa shape index (κ3) is 0.945. The van der Waals surface area contributed by atoms with E-state index in [0.29, 0.717) is 0 Å². The van der Waals surface area contributed by atoms with Crippen LogP contribution in [0.15, 0.2) is 52.4 Å². The Bertz CT molecular complexity index is 702. The predicted octanol–water partition coefficient (Wildman–Crippen LogP) is 2.86. The van der Waals surface area contributed by atoms with E-state index >= 15 is 0 Å². The molecule has 3 nitrogen and oxygen atoms in total. The zero-order chi connectivity index (χ0) is 10.5. The summed E-state index contributed by atoms with van der Waals surface area (Å²) in [4.78, 5) is 1.25. The average molecular weight is 225 g/mol. The number of benzene rings is 1. The number of fused-ring (bicyclic) bond motifs is 2. The Balaban J connectivity index is 2.21. The molecular weight excluding hydrogens is 218 g/mol. The number of nitrogens with zero attached hydrogens (tertiary/aromatic N) is 3. The van der Waals surface area contributed by atoms with Crippen molar-refractivity contribution in [2.24, 2.45) is 0 Å². The maximum atomic E-state index is 4.27. The Hall–Kier alpha value is -1.81. The molecule has 76 valence electrons. The first-order chi connectivity index (χ1) is 7.93. The van der Waals surface area contributed by atoms with Gasteiger partial charge in [0, 0.05) is 10.5 Å². The highest BCUT2D eigenvalue weighted by molar-refractivity contribution is 7.99. The highest BCUT2D eigenvalue weighted by atomic mass is 32.2. The van der Waals surface area contributed by atoms with Crippen LogP contribution in [0.5, 0.6) is 0 Å². The second kappa shape index (κ2) is 2.86. The molecule has 0 bridgehead atoms. The molecule has 16 heavy (non-hydrogen) atoms. The largest absolute Gasteiger partial charge is 0.269 e. The lowest BCUT2D eigenvalue weighted by Gasteiger charge is -2.15. The van der Waals surface area contributed by atoms with Gasteiger partial charge in [0.25, 0.3) is 0 Å². The van der Waals surface area contributed by atoms with Crippen LogP contribution in [0.2, 0.25) is 0 Å². The lowest BCUT2D eigenvalue weighted by atomic mass is 10.2. The topological polar surface area (TPSA) is 30.2 Å². The van der Waals surface area contributed by atoms with Gasteiger partial charge in [-0.05, 0) is 18.2 Å². The second-order valence-electron chi connectivity index (χ2n) is 3.68. The van der Waals surface area contributed by atoms with Gasteiger partial charge in [-0.2, -0.15) is 0 Å². The van der Waals surface area contributed by atoms with Crippen LogP contribution in [0.1, 0.15) is 0 Å². The van der Waals surface area contributed by atoms with E-state index in [1.807, 2.05) is 18.2 Å². The maximum Gasteiger partial charge on any atom is 0.170 e. The van der Waals surface area contributed by atoms with E-state index < -0.39 is 0 Å². The summed E-state index contributed by atoms with van der Waals surface area (Å²) >= 11 is 1.76. The summed E-state index contributed by atoms with van der Waals surface area (Å²) in [6.07, 6.45) is 0. The van der Waals surface area contributed by atoms with Crippen molar-refractivity contribution >= 4 is 17.4 Å². The molecule has 1 aliphatic rings. The summed E-state index contributed by atoms with van der Waals surface area (Å²) in [5, 5.41) is 9.63. The molecule has 4 heteroatoms. The zero-order valence-electron chi connectivity index (χ0n) is 8.29. The van der Waals surface area contributed by atoms with E-state index in [4.69, 9.17) is 0 Å². The van der Waals surface area contributed by atoms with Crippen molar-refractivity contribution in [3.63, 3.8) is 0 Å². The van der Waals surface area contributed by atoms with Crippen LogP contribution in [0.25, 0.3) is 17.0 Å². The minimum atomic E-state index is 0.912. The molecule has 2 aromatic heterocycles. The van der Waals surface area contributed by atoms with Crippen LogP contribution >= 0.6 is 11.8 Å². The van der Waals surface area contributed by atoms with Crippen LogP contribution in [0.3, 0.4) is 0 Å². The SMILES string of the molecule is c1ccc2c(c1)Sc1cccc3nnc-2n13. The fourth-order valence-electron chi connectivity index (χ4n) is 2.02. The van der Waals surface area contributed by atoms with Crippen LogP contribution in [-0.4, -0.2) is 14.6 Å². The summed E-state index contributed by atoms with van der Waals surface area (Å²) in [6, 6.07) is 14.4. The fourth-order valence-corrected chi connectivity index (χ4v) is 3.08. The van der Waals surface area contributed by atoms with Crippen molar-refractivity contribution in [1.82, 2.24) is 14.6 Å². The van der Waals surface area contributed by atoms with Crippen molar-refractivity contribution < 1.29 is 0 Å². The Morgan fingerprint density at radius 2 is 1.88 bits per heavy atom. The van der Waals surface area contributed by atoms with Gasteiger partial charge in [-0.1, -0.05) is 36.0 Å². The molecule has 4 rings (SSSR count). The number of hydrogen-bond acceptors (Lipinski definition) is 3. The normalized spacial score (nSPS) is 12.8. The zero-order valence-corrected chi connectivity index (χ0v) is 9.11. The summed E-state index contributed by atoms with van der Waals surface area (Å²) in [5.41, 5.74) is 2.08. The summed E-state index contributed by atoms with van der Waals surface area (Å²) in [6.45, 7) is 0. The van der Waals surface area contributed by atoms with E-state index in [2.05, 4.69) is 38.9 Å². The lowest BCUT2D eigenvalue weighted by molar-refractivity contribution is 0.999. The van der Waals surface area contributed by atoms with Gasteiger partial charge in [-0.3, -0.25) is 4.40 Å². The van der Waals surface area contributed by atoms with Gasteiger partial charge in [-0.15, -0.1) is 10.2 Å². The standard InChI is InChI=1S/C12H7N3S/c1-2-5-9-8(4-1)12-14-13-10-6-3-7-11(16-9)15(10)12/h1-7H. The fraction of sp³-hybridized carbons (Fsp3) is 0. The number of rotatable bonds is 0. The first kappa shape index (κ1) is 8.35. The molecule has 0 spiro atoms. The number of aromatic nitrogens is 3. The van der Waals surface area contributed by atoms with Crippen molar-refractivity contribution in [3.05, 3.63) is 42.5 Å². The van der Waals surface area contributed by atoms with Gasteiger partial charge in [-0.25, -0.2) is 0 Å². The quantitative estimate of drug-likeness (QED) is 0.461. The molecule has 0 radical (unpaired) electrons. The summed E-state index contributed by atoms with van der Waals surface area (Å²) < 4.78 is 2.10. The van der Waals surface area contributed by atoms with Crippen LogP contribution < -0.4 is 0 Å². The number of hydrogen-bond donors (Lipinski definition) is 0. The maximum absolute atomic E-state index is 4.27. The minimum absolute atomic E-state index is 0.912. The molecule has 3 aromatic rings. The third-order valence-corrected chi connectivity index (χ3v) is 3.84. The highest BCUT2D eigenvalue weighted by Gasteiger charge is 2.20. The highest BCUT2D eigenvalue weighted by Crippen LogP contribution is 2.40. The molecule has 1 aliphatic heterocycles. The van der Waals surface area contributed by atoms with Crippen LogP contribution in [-0.2, 0) is 0 Å². The molecule has 0 saturated heterocycles. The third-order valence-electron chi connectivity index (χ3n) is 2.74. The van der Waals surface area contributed by atoms with E-state index in [1.165, 1.54) is 15.5 Å². The molecule has 0 saturated carbocycles. The van der Waals surface area contributed by atoms with E-state index in [-0.39, 0.29) is 0 Å². The molecule has 3 heterocycles. The van der Waals surface area contributed by atoms with Gasteiger partial charge >= 0.3 is 0 Å². The first-order valence-electron chi connectivity index (χ1n) is 5.05. The van der Waals surface area contributed by atoms with Crippen molar-refractivity contribution in [1.29, 1.82) is 0 Å². The van der Waals surface area contributed by atoms with Gasteiger partial charge in [0.2, 0.25) is 0 Å². The van der Waals surface area contributed by atoms with Crippen molar-refractivity contribution in [3.8, 4) is 11.4 Å².